The molecule has 0 aliphatic heterocycles. The number of esters is 1. The van der Waals surface area contributed by atoms with Crippen LogP contribution >= 0.6 is 0 Å². The van der Waals surface area contributed by atoms with Crippen LogP contribution < -0.4 is 5.32 Å². The number of aliphatic hydroxyl groups is 1. The molecule has 0 radical (unpaired) electrons. The maximum Gasteiger partial charge on any atom is 0.328 e. The zero-order chi connectivity index (χ0) is 14.1. The van der Waals surface area contributed by atoms with Gasteiger partial charge in [-0.1, -0.05) is 20.3 Å². The molecule has 0 aromatic rings. The van der Waals surface area contributed by atoms with E-state index in [2.05, 4.69) is 10.1 Å². The van der Waals surface area contributed by atoms with Gasteiger partial charge in [-0.25, -0.2) is 4.79 Å². The number of hydrogen-bond acceptors (Lipinski definition) is 5. The molecule has 0 unspecified atom stereocenters. The highest BCUT2D eigenvalue weighted by molar-refractivity contribution is 5.85. The quantitative estimate of drug-likeness (QED) is 0.581. The van der Waals surface area contributed by atoms with E-state index in [9.17, 15) is 9.59 Å². The van der Waals surface area contributed by atoms with Crippen molar-refractivity contribution < 1.29 is 19.4 Å². The van der Waals surface area contributed by atoms with Crippen molar-refractivity contribution in [3.63, 3.8) is 0 Å². The van der Waals surface area contributed by atoms with Gasteiger partial charge in [0.2, 0.25) is 5.91 Å². The summed E-state index contributed by atoms with van der Waals surface area (Å²) < 4.78 is 4.68. The predicted octanol–water partition coefficient (Wildman–Crippen LogP) is -0.386. The smallest absolute Gasteiger partial charge is 0.328 e. The molecular formula is C12H24N2O4. The molecule has 0 aliphatic rings. The Morgan fingerprint density at radius 2 is 2.06 bits per heavy atom. The van der Waals surface area contributed by atoms with E-state index in [0.717, 1.165) is 6.42 Å². The van der Waals surface area contributed by atoms with E-state index in [1.165, 1.54) is 7.11 Å². The lowest BCUT2D eigenvalue weighted by atomic mass is 9.99. The number of likely N-dealkylation sites (N-methyl/N-ethyl adjacent to an activating group) is 1. The first kappa shape index (κ1) is 16.9. The van der Waals surface area contributed by atoms with Crippen LogP contribution in [0.25, 0.3) is 0 Å². The molecule has 2 atom stereocenters. The van der Waals surface area contributed by atoms with Gasteiger partial charge < -0.3 is 15.2 Å². The summed E-state index contributed by atoms with van der Waals surface area (Å²) in [5, 5.41) is 11.4. The van der Waals surface area contributed by atoms with Gasteiger partial charge in [0.15, 0.2) is 0 Å². The van der Waals surface area contributed by atoms with E-state index < -0.39 is 12.0 Å². The second kappa shape index (κ2) is 8.88. The summed E-state index contributed by atoms with van der Waals surface area (Å²) in [6.07, 6.45) is 0.770. The Hall–Kier alpha value is -1.14. The van der Waals surface area contributed by atoms with E-state index in [-0.39, 0.29) is 25.0 Å². The Kier molecular flexibility index (Phi) is 8.32. The van der Waals surface area contributed by atoms with Gasteiger partial charge in [-0.15, -0.1) is 0 Å². The zero-order valence-electron chi connectivity index (χ0n) is 11.6. The van der Waals surface area contributed by atoms with E-state index >= 15 is 0 Å². The van der Waals surface area contributed by atoms with Crippen molar-refractivity contribution in [3.8, 4) is 0 Å². The molecule has 0 aromatic carbocycles. The molecule has 0 spiro atoms. The third kappa shape index (κ3) is 5.97. The van der Waals surface area contributed by atoms with Gasteiger partial charge in [-0.2, -0.15) is 0 Å². The maximum absolute atomic E-state index is 11.7. The standard InChI is InChI=1S/C12H24N2O4/c1-5-9(2)11(12(17)18-4)13-10(16)8-14(3)6-7-15/h9,11,15H,5-8H2,1-4H3,(H,13,16)/t9-,11+/m1/s1. The molecule has 0 heterocycles. The van der Waals surface area contributed by atoms with Crippen LogP contribution in [0.5, 0.6) is 0 Å². The van der Waals surface area contributed by atoms with Crippen LogP contribution in [0.1, 0.15) is 20.3 Å². The van der Waals surface area contributed by atoms with Crippen molar-refractivity contribution in [1.82, 2.24) is 10.2 Å². The van der Waals surface area contributed by atoms with Crippen molar-refractivity contribution in [1.29, 1.82) is 0 Å². The number of nitrogens with one attached hydrogen (secondary N) is 1. The van der Waals surface area contributed by atoms with Gasteiger partial charge in [0, 0.05) is 6.54 Å². The van der Waals surface area contributed by atoms with Crippen LogP contribution in [-0.2, 0) is 14.3 Å². The molecule has 18 heavy (non-hydrogen) atoms. The molecule has 0 saturated heterocycles. The second-order valence-electron chi connectivity index (χ2n) is 4.42. The highest BCUT2D eigenvalue weighted by atomic mass is 16.5. The first-order chi connectivity index (χ1) is 8.46. The molecule has 0 aliphatic carbocycles. The summed E-state index contributed by atoms with van der Waals surface area (Å²) in [5.41, 5.74) is 0. The number of ether oxygens (including phenoxy) is 1. The number of carbonyl (C=O) groups excluding carboxylic acids is 2. The molecular weight excluding hydrogens is 236 g/mol. The van der Waals surface area contributed by atoms with Crippen molar-refractivity contribution in [2.75, 3.05) is 33.9 Å². The molecule has 2 N–H and O–H groups in total. The minimum absolute atomic E-state index is 0.00439. The summed E-state index contributed by atoms with van der Waals surface area (Å²) in [6.45, 7) is 4.39. The van der Waals surface area contributed by atoms with Gasteiger partial charge >= 0.3 is 5.97 Å². The summed E-state index contributed by atoms with van der Waals surface area (Å²) in [7, 11) is 3.04. The summed E-state index contributed by atoms with van der Waals surface area (Å²) in [6, 6.07) is -0.616. The van der Waals surface area contributed by atoms with Crippen molar-refractivity contribution in [2.24, 2.45) is 5.92 Å². The second-order valence-corrected chi connectivity index (χ2v) is 4.42. The molecule has 6 nitrogen and oxygen atoms in total. The van der Waals surface area contributed by atoms with Crippen molar-refractivity contribution in [2.45, 2.75) is 26.3 Å². The lowest BCUT2D eigenvalue weighted by Crippen LogP contribution is -2.48. The Balaban J connectivity index is 4.40. The number of rotatable bonds is 8. The fourth-order valence-electron chi connectivity index (χ4n) is 1.51. The molecule has 0 saturated carbocycles. The lowest BCUT2D eigenvalue weighted by molar-refractivity contribution is -0.146. The minimum atomic E-state index is -0.616. The Morgan fingerprint density at radius 1 is 1.44 bits per heavy atom. The maximum atomic E-state index is 11.7. The molecule has 0 rings (SSSR count). The molecule has 0 aromatic heterocycles. The van der Waals surface area contributed by atoms with Gasteiger partial charge in [0.05, 0.1) is 20.3 Å². The average molecular weight is 260 g/mol. The first-order valence-electron chi connectivity index (χ1n) is 6.12. The van der Waals surface area contributed by atoms with Crippen molar-refractivity contribution >= 4 is 11.9 Å². The van der Waals surface area contributed by atoms with E-state index in [1.54, 1.807) is 11.9 Å². The van der Waals surface area contributed by atoms with Crippen LogP contribution in [0.3, 0.4) is 0 Å². The number of hydrogen-bond donors (Lipinski definition) is 2. The SMILES string of the molecule is CC[C@@H](C)[C@H](NC(=O)CN(C)CCO)C(=O)OC. The van der Waals surface area contributed by atoms with Crippen LogP contribution in [0.2, 0.25) is 0 Å². The van der Waals surface area contributed by atoms with Crippen LogP contribution in [0.4, 0.5) is 0 Å². The third-order valence-corrected chi connectivity index (χ3v) is 2.88. The minimum Gasteiger partial charge on any atom is -0.467 e. The summed E-state index contributed by atoms with van der Waals surface area (Å²) in [5.74, 6) is -0.659. The van der Waals surface area contributed by atoms with E-state index in [4.69, 9.17) is 5.11 Å². The first-order valence-corrected chi connectivity index (χ1v) is 6.12. The van der Waals surface area contributed by atoms with Gasteiger partial charge in [0.25, 0.3) is 0 Å². The van der Waals surface area contributed by atoms with Crippen molar-refractivity contribution in [3.05, 3.63) is 0 Å². The predicted molar refractivity (Wildman–Crippen MR) is 68.0 cm³/mol. The highest BCUT2D eigenvalue weighted by Crippen LogP contribution is 2.09. The fraction of sp³-hybridized carbons (Fsp3) is 0.833. The number of carbonyl (C=O) groups is 2. The fourth-order valence-corrected chi connectivity index (χ4v) is 1.51. The Morgan fingerprint density at radius 3 is 2.50 bits per heavy atom. The largest absolute Gasteiger partial charge is 0.467 e. The summed E-state index contributed by atoms with van der Waals surface area (Å²) in [4.78, 5) is 25.0. The van der Waals surface area contributed by atoms with Crippen LogP contribution in [-0.4, -0.2) is 61.8 Å². The molecule has 6 heteroatoms. The highest BCUT2D eigenvalue weighted by Gasteiger charge is 2.26. The van der Waals surface area contributed by atoms with E-state index in [0.29, 0.717) is 6.54 Å². The van der Waals surface area contributed by atoms with Crippen LogP contribution in [0.15, 0.2) is 0 Å². The normalized spacial score (nSPS) is 14.1. The van der Waals surface area contributed by atoms with Gasteiger partial charge in [-0.05, 0) is 13.0 Å². The number of aliphatic hydroxyl groups excluding tert-OH is 1. The molecule has 0 bridgehead atoms. The average Bonchev–Trinajstić information content (AvgIpc) is 2.34. The topological polar surface area (TPSA) is 78.9 Å². The number of nitrogens with zero attached hydrogens (tertiary/aromatic N) is 1. The van der Waals surface area contributed by atoms with E-state index in [1.807, 2.05) is 13.8 Å². The Bertz CT molecular complexity index is 271. The zero-order valence-corrected chi connectivity index (χ0v) is 11.6. The monoisotopic (exact) mass is 260 g/mol. The van der Waals surface area contributed by atoms with Crippen LogP contribution in [0, 0.1) is 5.92 Å². The third-order valence-electron chi connectivity index (χ3n) is 2.88. The molecule has 1 amide bonds. The number of amides is 1. The number of methoxy groups -OCH3 is 1. The van der Waals surface area contributed by atoms with Gasteiger partial charge in [-0.3, -0.25) is 9.69 Å². The molecule has 106 valence electrons. The van der Waals surface area contributed by atoms with Gasteiger partial charge in [0.1, 0.15) is 6.04 Å². The molecule has 0 fully saturated rings. The Labute approximate surface area is 108 Å². The lowest BCUT2D eigenvalue weighted by Gasteiger charge is -2.23. The summed E-state index contributed by atoms with van der Waals surface area (Å²) >= 11 is 0.